The Morgan fingerprint density at radius 3 is 1.65 bits per heavy atom. The number of aryl methyl sites for hydroxylation is 1. The highest BCUT2D eigenvalue weighted by Crippen LogP contribution is 2.18. The highest BCUT2D eigenvalue weighted by atomic mass is 16.3. The molecule has 0 aliphatic heterocycles. The second-order valence-corrected chi connectivity index (χ2v) is 5.65. The maximum absolute atomic E-state index is 9.58. The molecule has 2 aromatic rings. The molecule has 2 aromatic carbocycles. The minimum atomic E-state index is 0. The first-order chi connectivity index (χ1) is 10.8. The summed E-state index contributed by atoms with van der Waals surface area (Å²) in [5.41, 5.74) is 1.09. The van der Waals surface area contributed by atoms with Gasteiger partial charge in [0.15, 0.2) is 0 Å². The van der Waals surface area contributed by atoms with E-state index < -0.39 is 0 Å². The Kier molecular flexibility index (Phi) is 13.9. The highest BCUT2D eigenvalue weighted by molar-refractivity contribution is 5.31. The van der Waals surface area contributed by atoms with Gasteiger partial charge in [0.2, 0.25) is 0 Å². The third-order valence-corrected chi connectivity index (χ3v) is 3.71. The van der Waals surface area contributed by atoms with E-state index in [0.717, 1.165) is 12.0 Å². The summed E-state index contributed by atoms with van der Waals surface area (Å²) in [6, 6.07) is 19.7. The number of hydrogen-bond donors (Lipinski definition) is 1. The Morgan fingerprint density at radius 1 is 0.652 bits per heavy atom. The summed E-state index contributed by atoms with van der Waals surface area (Å²) in [6.07, 6.45) is 10.3. The van der Waals surface area contributed by atoms with E-state index >= 15 is 0 Å². The zero-order chi connectivity index (χ0) is 15.9. The summed E-state index contributed by atoms with van der Waals surface area (Å²) in [6.45, 7) is 2.25. The topological polar surface area (TPSA) is 51.7 Å². The molecule has 3 N–H and O–H groups in total. The SMILES string of the molecule is CCCCCCCCCc1ccccc1O.O.c1ccccc1. The molecular formula is C21H32O2. The van der Waals surface area contributed by atoms with E-state index in [-0.39, 0.29) is 5.48 Å². The lowest BCUT2D eigenvalue weighted by molar-refractivity contribution is 0.466. The first-order valence-corrected chi connectivity index (χ1v) is 8.61. The standard InChI is InChI=1S/C15H24O.C6H6.H2O/c1-2-3-4-5-6-7-8-11-14-12-9-10-13-15(14)16;1-2-4-6-5-3-1;/h9-10,12-13,16H,2-8,11H2,1H3;1-6H;1H2. The van der Waals surface area contributed by atoms with Crippen molar-refractivity contribution < 1.29 is 10.6 Å². The van der Waals surface area contributed by atoms with Crippen molar-refractivity contribution in [3.05, 3.63) is 66.2 Å². The minimum Gasteiger partial charge on any atom is -0.508 e. The molecule has 2 rings (SSSR count). The summed E-state index contributed by atoms with van der Waals surface area (Å²) in [5, 5.41) is 9.58. The van der Waals surface area contributed by atoms with Crippen LogP contribution in [0.3, 0.4) is 0 Å². The van der Waals surface area contributed by atoms with Crippen LogP contribution in [0.4, 0.5) is 0 Å². The van der Waals surface area contributed by atoms with Gasteiger partial charge in [-0.25, -0.2) is 0 Å². The van der Waals surface area contributed by atoms with Crippen molar-refractivity contribution in [1.29, 1.82) is 0 Å². The zero-order valence-electron chi connectivity index (χ0n) is 14.4. The van der Waals surface area contributed by atoms with E-state index in [1.165, 1.54) is 44.9 Å². The van der Waals surface area contributed by atoms with Crippen LogP contribution < -0.4 is 0 Å². The minimum absolute atomic E-state index is 0. The maximum Gasteiger partial charge on any atom is 0.118 e. The fourth-order valence-corrected chi connectivity index (χ4v) is 2.38. The van der Waals surface area contributed by atoms with Crippen molar-refractivity contribution >= 4 is 0 Å². The summed E-state index contributed by atoms with van der Waals surface area (Å²) >= 11 is 0. The Labute approximate surface area is 141 Å². The smallest absolute Gasteiger partial charge is 0.118 e. The van der Waals surface area contributed by atoms with Gasteiger partial charge in [-0.3, -0.25) is 0 Å². The van der Waals surface area contributed by atoms with Crippen molar-refractivity contribution in [3.63, 3.8) is 0 Å². The first-order valence-electron chi connectivity index (χ1n) is 8.61. The summed E-state index contributed by atoms with van der Waals surface area (Å²) < 4.78 is 0. The number of hydrogen-bond acceptors (Lipinski definition) is 1. The summed E-state index contributed by atoms with van der Waals surface area (Å²) in [5.74, 6) is 0.452. The predicted molar refractivity (Wildman–Crippen MR) is 99.9 cm³/mol. The van der Waals surface area contributed by atoms with Crippen LogP contribution in [-0.2, 0) is 6.42 Å². The van der Waals surface area contributed by atoms with Crippen LogP contribution in [0, 0.1) is 0 Å². The normalized spacial score (nSPS) is 9.43. The maximum atomic E-state index is 9.58. The predicted octanol–water partition coefficient (Wildman–Crippen LogP) is 5.55. The third kappa shape index (κ3) is 11.4. The van der Waals surface area contributed by atoms with Crippen LogP contribution in [0.2, 0.25) is 0 Å². The molecule has 0 aliphatic rings. The number of unbranched alkanes of at least 4 members (excludes halogenated alkanes) is 6. The van der Waals surface area contributed by atoms with Gasteiger partial charge in [-0.05, 0) is 24.5 Å². The fraction of sp³-hybridized carbons (Fsp3) is 0.429. The lowest BCUT2D eigenvalue weighted by atomic mass is 10.0. The van der Waals surface area contributed by atoms with Crippen LogP contribution in [-0.4, -0.2) is 10.6 Å². The van der Waals surface area contributed by atoms with Crippen molar-refractivity contribution in [1.82, 2.24) is 0 Å². The molecule has 0 saturated heterocycles. The Bertz CT molecular complexity index is 442. The van der Waals surface area contributed by atoms with Crippen LogP contribution in [0.15, 0.2) is 60.7 Å². The Balaban J connectivity index is 0.000000581. The van der Waals surface area contributed by atoms with Crippen LogP contribution in [0.25, 0.3) is 0 Å². The average molecular weight is 316 g/mol. The molecule has 0 saturated carbocycles. The van der Waals surface area contributed by atoms with E-state index in [1.54, 1.807) is 6.07 Å². The zero-order valence-corrected chi connectivity index (χ0v) is 14.4. The molecule has 0 spiro atoms. The molecule has 2 heteroatoms. The van der Waals surface area contributed by atoms with E-state index in [2.05, 4.69) is 6.92 Å². The molecule has 0 unspecified atom stereocenters. The largest absolute Gasteiger partial charge is 0.508 e. The molecule has 0 radical (unpaired) electrons. The molecule has 0 amide bonds. The Morgan fingerprint density at radius 2 is 1.13 bits per heavy atom. The summed E-state index contributed by atoms with van der Waals surface area (Å²) in [4.78, 5) is 0. The van der Waals surface area contributed by atoms with Crippen molar-refractivity contribution in [2.75, 3.05) is 0 Å². The van der Waals surface area contributed by atoms with Crippen LogP contribution in [0.1, 0.15) is 57.4 Å². The lowest BCUT2D eigenvalue weighted by Crippen LogP contribution is -1.87. The lowest BCUT2D eigenvalue weighted by Gasteiger charge is -2.04. The van der Waals surface area contributed by atoms with Gasteiger partial charge >= 0.3 is 0 Å². The van der Waals surface area contributed by atoms with Gasteiger partial charge in [-0.15, -0.1) is 0 Å². The molecule has 0 fully saturated rings. The number of benzene rings is 2. The number of phenols is 1. The number of rotatable bonds is 8. The number of phenolic OH excluding ortho intramolecular Hbond substituents is 1. The van der Waals surface area contributed by atoms with E-state index in [0.29, 0.717) is 5.75 Å². The monoisotopic (exact) mass is 316 g/mol. The van der Waals surface area contributed by atoms with Gasteiger partial charge in [0.25, 0.3) is 0 Å². The Hall–Kier alpha value is -1.80. The van der Waals surface area contributed by atoms with Gasteiger partial charge in [0.05, 0.1) is 0 Å². The fourth-order valence-electron chi connectivity index (χ4n) is 2.38. The van der Waals surface area contributed by atoms with E-state index in [1.807, 2.05) is 54.6 Å². The van der Waals surface area contributed by atoms with Crippen molar-refractivity contribution in [2.45, 2.75) is 58.3 Å². The molecule has 23 heavy (non-hydrogen) atoms. The first kappa shape index (κ1) is 21.2. The average Bonchev–Trinajstić information content (AvgIpc) is 2.58. The van der Waals surface area contributed by atoms with Gasteiger partial charge in [-0.2, -0.15) is 0 Å². The number of aromatic hydroxyl groups is 1. The van der Waals surface area contributed by atoms with Gasteiger partial charge in [-0.1, -0.05) is 100 Å². The van der Waals surface area contributed by atoms with Crippen molar-refractivity contribution in [2.24, 2.45) is 0 Å². The molecule has 0 atom stereocenters. The molecule has 128 valence electrons. The van der Waals surface area contributed by atoms with Crippen LogP contribution in [0.5, 0.6) is 5.75 Å². The van der Waals surface area contributed by atoms with E-state index in [9.17, 15) is 5.11 Å². The highest BCUT2D eigenvalue weighted by Gasteiger charge is 1.98. The van der Waals surface area contributed by atoms with Gasteiger partial charge in [0, 0.05) is 0 Å². The molecule has 2 nitrogen and oxygen atoms in total. The molecule has 0 aliphatic carbocycles. The molecule has 0 bridgehead atoms. The quantitative estimate of drug-likeness (QED) is 0.638. The van der Waals surface area contributed by atoms with E-state index in [4.69, 9.17) is 0 Å². The molecule has 0 heterocycles. The number of para-hydroxylation sites is 1. The molecule has 0 aromatic heterocycles. The third-order valence-electron chi connectivity index (χ3n) is 3.71. The van der Waals surface area contributed by atoms with Crippen LogP contribution >= 0.6 is 0 Å². The summed E-state index contributed by atoms with van der Waals surface area (Å²) in [7, 11) is 0. The van der Waals surface area contributed by atoms with Crippen molar-refractivity contribution in [3.8, 4) is 5.75 Å². The molecular weight excluding hydrogens is 284 g/mol. The van der Waals surface area contributed by atoms with Gasteiger partial charge in [0.1, 0.15) is 5.75 Å². The van der Waals surface area contributed by atoms with Gasteiger partial charge < -0.3 is 10.6 Å². The second-order valence-electron chi connectivity index (χ2n) is 5.65. The second kappa shape index (κ2) is 15.1.